The number of carboxylic acids is 1. The minimum absolute atomic E-state index is 0.0126. The molecular formula is C19H31NO3. The van der Waals surface area contributed by atoms with Crippen molar-refractivity contribution in [2.45, 2.75) is 79.2 Å². The second-order valence-corrected chi connectivity index (χ2v) is 10.3. The van der Waals surface area contributed by atoms with E-state index in [0.29, 0.717) is 0 Å². The number of amides is 1. The summed E-state index contributed by atoms with van der Waals surface area (Å²) in [6.07, 6.45) is 6.37. The van der Waals surface area contributed by atoms with Crippen molar-refractivity contribution in [1.29, 1.82) is 0 Å². The maximum atomic E-state index is 13.2. The van der Waals surface area contributed by atoms with Gasteiger partial charge in [0, 0.05) is 0 Å². The molecule has 1 amide bonds. The molecule has 0 aromatic heterocycles. The monoisotopic (exact) mass is 321 g/mol. The largest absolute Gasteiger partial charge is 0.480 e. The van der Waals surface area contributed by atoms with E-state index in [2.05, 4.69) is 26.1 Å². The van der Waals surface area contributed by atoms with Crippen molar-refractivity contribution in [3.63, 3.8) is 0 Å². The Bertz CT molecular complexity index is 499. The van der Waals surface area contributed by atoms with Crippen molar-refractivity contribution in [2.24, 2.45) is 27.6 Å². The topological polar surface area (TPSA) is 66.4 Å². The van der Waals surface area contributed by atoms with Gasteiger partial charge in [-0.3, -0.25) is 4.79 Å². The van der Waals surface area contributed by atoms with Crippen LogP contribution in [0.4, 0.5) is 0 Å². The summed E-state index contributed by atoms with van der Waals surface area (Å²) in [6, 6.07) is -0.788. The van der Waals surface area contributed by atoms with Gasteiger partial charge in [0.2, 0.25) is 5.91 Å². The Morgan fingerprint density at radius 1 is 0.870 bits per heavy atom. The molecule has 4 heteroatoms. The van der Waals surface area contributed by atoms with Gasteiger partial charge in [-0.25, -0.2) is 4.79 Å². The second kappa shape index (κ2) is 4.73. The van der Waals surface area contributed by atoms with Gasteiger partial charge < -0.3 is 10.4 Å². The minimum atomic E-state index is -0.929. The van der Waals surface area contributed by atoms with Gasteiger partial charge in [-0.2, -0.15) is 0 Å². The lowest BCUT2D eigenvalue weighted by atomic mass is 9.36. The summed E-state index contributed by atoms with van der Waals surface area (Å²) in [5.41, 5.74) is 0.319. The number of nitrogens with one attached hydrogen (secondary N) is 1. The van der Waals surface area contributed by atoms with Crippen LogP contribution in [0.15, 0.2) is 0 Å². The Kier molecular flexibility index (Phi) is 3.45. The summed E-state index contributed by atoms with van der Waals surface area (Å²) in [5.74, 6) is -1.05. The first-order valence-corrected chi connectivity index (χ1v) is 8.94. The first-order valence-electron chi connectivity index (χ1n) is 8.94. The average molecular weight is 321 g/mol. The molecule has 1 atom stereocenters. The molecule has 0 unspecified atom stereocenters. The summed E-state index contributed by atoms with van der Waals surface area (Å²) < 4.78 is 0. The van der Waals surface area contributed by atoms with Crippen molar-refractivity contribution in [1.82, 2.24) is 5.32 Å². The molecule has 0 aromatic carbocycles. The smallest absolute Gasteiger partial charge is 0.326 e. The minimum Gasteiger partial charge on any atom is -0.480 e. The number of hydrogen-bond donors (Lipinski definition) is 2. The number of carbonyl (C=O) groups excluding carboxylic acids is 1. The molecule has 4 aliphatic rings. The van der Waals surface area contributed by atoms with Crippen molar-refractivity contribution in [3.05, 3.63) is 0 Å². The summed E-state index contributed by atoms with van der Waals surface area (Å²) in [7, 11) is 0. The fraction of sp³-hybridized carbons (Fsp3) is 0.895. The number of hydrogen-bond acceptors (Lipinski definition) is 2. The second-order valence-electron chi connectivity index (χ2n) is 10.3. The van der Waals surface area contributed by atoms with Gasteiger partial charge in [-0.15, -0.1) is 0 Å². The molecule has 4 bridgehead atoms. The number of aliphatic carboxylic acids is 1. The maximum Gasteiger partial charge on any atom is 0.326 e. The highest BCUT2D eigenvalue weighted by Crippen LogP contribution is 2.73. The van der Waals surface area contributed by atoms with Crippen LogP contribution in [-0.2, 0) is 9.59 Å². The van der Waals surface area contributed by atoms with E-state index in [0.717, 1.165) is 19.3 Å². The van der Waals surface area contributed by atoms with Gasteiger partial charge >= 0.3 is 5.97 Å². The van der Waals surface area contributed by atoms with Crippen LogP contribution in [0.3, 0.4) is 0 Å². The zero-order chi connectivity index (χ0) is 17.3. The van der Waals surface area contributed by atoms with Crippen molar-refractivity contribution in [2.75, 3.05) is 0 Å². The third-order valence-corrected chi connectivity index (χ3v) is 6.56. The molecule has 4 aliphatic carbocycles. The molecule has 0 heterocycles. The molecule has 4 rings (SSSR count). The molecule has 23 heavy (non-hydrogen) atoms. The van der Waals surface area contributed by atoms with E-state index in [1.807, 2.05) is 13.8 Å². The van der Waals surface area contributed by atoms with Gasteiger partial charge in [0.1, 0.15) is 6.04 Å². The van der Waals surface area contributed by atoms with Gasteiger partial charge in [0.15, 0.2) is 0 Å². The van der Waals surface area contributed by atoms with Crippen molar-refractivity contribution in [3.8, 4) is 0 Å². The number of carboxylic acid groups (broad SMARTS) is 1. The van der Waals surface area contributed by atoms with Gasteiger partial charge in [0.25, 0.3) is 0 Å². The molecule has 130 valence electrons. The van der Waals surface area contributed by atoms with Crippen LogP contribution in [0.2, 0.25) is 0 Å². The fourth-order valence-corrected chi connectivity index (χ4v) is 7.34. The third-order valence-electron chi connectivity index (χ3n) is 6.56. The van der Waals surface area contributed by atoms with E-state index >= 15 is 0 Å². The molecule has 0 radical (unpaired) electrons. The summed E-state index contributed by atoms with van der Waals surface area (Å²) >= 11 is 0. The van der Waals surface area contributed by atoms with Crippen LogP contribution in [0, 0.1) is 27.6 Å². The highest BCUT2D eigenvalue weighted by Gasteiger charge is 2.66. The van der Waals surface area contributed by atoms with Crippen LogP contribution in [0.25, 0.3) is 0 Å². The Labute approximate surface area is 139 Å². The number of carbonyl (C=O) groups is 2. The van der Waals surface area contributed by atoms with Crippen LogP contribution >= 0.6 is 0 Å². The van der Waals surface area contributed by atoms with E-state index in [-0.39, 0.29) is 33.5 Å². The summed E-state index contributed by atoms with van der Waals surface area (Å²) in [6.45, 7) is 10.7. The van der Waals surface area contributed by atoms with Crippen LogP contribution < -0.4 is 5.32 Å². The normalized spacial score (nSPS) is 46.0. The molecule has 0 aromatic rings. The van der Waals surface area contributed by atoms with Crippen LogP contribution in [0.1, 0.15) is 73.1 Å². The Hall–Kier alpha value is -1.06. The first-order chi connectivity index (χ1) is 10.4. The third kappa shape index (κ3) is 2.68. The Balaban J connectivity index is 1.90. The van der Waals surface area contributed by atoms with Gasteiger partial charge in [0.05, 0.1) is 5.41 Å². The molecule has 0 saturated heterocycles. The zero-order valence-electron chi connectivity index (χ0n) is 15.2. The van der Waals surface area contributed by atoms with Crippen LogP contribution in [-0.4, -0.2) is 23.0 Å². The van der Waals surface area contributed by atoms with E-state index in [4.69, 9.17) is 0 Å². The highest BCUT2D eigenvalue weighted by molar-refractivity contribution is 5.88. The van der Waals surface area contributed by atoms with Crippen LogP contribution in [0.5, 0.6) is 0 Å². The lowest BCUT2D eigenvalue weighted by Crippen LogP contribution is -2.64. The molecule has 4 fully saturated rings. The molecule has 4 saturated carbocycles. The van der Waals surface area contributed by atoms with E-state index in [9.17, 15) is 14.7 Å². The van der Waals surface area contributed by atoms with Gasteiger partial charge in [-0.1, -0.05) is 34.6 Å². The first kappa shape index (κ1) is 16.8. The van der Waals surface area contributed by atoms with E-state index in [1.165, 1.54) is 19.3 Å². The highest BCUT2D eigenvalue weighted by atomic mass is 16.4. The lowest BCUT2D eigenvalue weighted by Gasteiger charge is -2.68. The fourth-order valence-electron chi connectivity index (χ4n) is 7.34. The standard InChI is InChI=1S/C19H31NO3/c1-12(2)13(14(21)22)20-15(23)19-9-16(3)6-17(4,10-19)8-18(5,7-16)11-19/h12-13H,6-11H2,1-5H3,(H,20,23)(H,21,22)/t13-,16?,17?,18?,19?/m0/s1. The molecule has 2 N–H and O–H groups in total. The van der Waals surface area contributed by atoms with Crippen molar-refractivity contribution >= 4 is 11.9 Å². The predicted molar refractivity (Wildman–Crippen MR) is 88.9 cm³/mol. The lowest BCUT2D eigenvalue weighted by molar-refractivity contribution is -0.192. The molecule has 4 nitrogen and oxygen atoms in total. The number of rotatable bonds is 4. The Morgan fingerprint density at radius 3 is 1.57 bits per heavy atom. The van der Waals surface area contributed by atoms with E-state index < -0.39 is 12.0 Å². The molecular weight excluding hydrogens is 290 g/mol. The average Bonchev–Trinajstić information content (AvgIpc) is 2.28. The Morgan fingerprint density at radius 2 is 1.26 bits per heavy atom. The molecule has 0 aliphatic heterocycles. The molecule has 0 spiro atoms. The van der Waals surface area contributed by atoms with Crippen molar-refractivity contribution < 1.29 is 14.7 Å². The predicted octanol–water partition coefficient (Wildman–Crippen LogP) is 3.60. The summed E-state index contributed by atoms with van der Waals surface area (Å²) in [5, 5.41) is 12.3. The van der Waals surface area contributed by atoms with Gasteiger partial charge in [-0.05, 0) is 60.7 Å². The zero-order valence-corrected chi connectivity index (χ0v) is 15.2. The van der Waals surface area contributed by atoms with E-state index in [1.54, 1.807) is 0 Å². The summed E-state index contributed by atoms with van der Waals surface area (Å²) in [4.78, 5) is 24.6. The SMILES string of the molecule is CC(C)[C@H](NC(=O)C12CC3(C)CC(C)(CC(C)(C3)C1)C2)C(=O)O. The maximum absolute atomic E-state index is 13.2. The quantitative estimate of drug-likeness (QED) is 0.831.